The van der Waals surface area contributed by atoms with Gasteiger partial charge in [-0.3, -0.25) is 4.79 Å². The van der Waals surface area contributed by atoms with Gasteiger partial charge in [0.2, 0.25) is 5.89 Å². The van der Waals surface area contributed by atoms with Crippen LogP contribution in [0.25, 0.3) is 0 Å². The van der Waals surface area contributed by atoms with Crippen molar-refractivity contribution >= 4 is 27.9 Å². The van der Waals surface area contributed by atoms with Gasteiger partial charge in [-0.25, -0.2) is 0 Å². The summed E-state index contributed by atoms with van der Waals surface area (Å²) < 4.78 is 4.87. The molecule has 0 bridgehead atoms. The number of nitrogens with zero attached hydrogens (tertiary/aromatic N) is 3. The Morgan fingerprint density at radius 3 is 2.90 bits per heavy atom. The van der Waals surface area contributed by atoms with Crippen LogP contribution in [0.1, 0.15) is 27.0 Å². The zero-order valence-electron chi connectivity index (χ0n) is 11.6. The number of nitrogens with two attached hydrogens (primary N) is 1. The predicted molar refractivity (Wildman–Crippen MR) is 78.1 cm³/mol. The number of carbonyl (C=O) groups is 1. The second-order valence-electron chi connectivity index (χ2n) is 4.15. The summed E-state index contributed by atoms with van der Waals surface area (Å²) in [5.74, 6) is 0.774. The summed E-state index contributed by atoms with van der Waals surface area (Å²) in [6.45, 7) is 2.22. The van der Waals surface area contributed by atoms with E-state index in [2.05, 4.69) is 20.8 Å². The van der Waals surface area contributed by atoms with Gasteiger partial charge in [-0.05, 0) is 0 Å². The van der Waals surface area contributed by atoms with Crippen molar-refractivity contribution in [3.63, 3.8) is 0 Å². The highest BCUT2D eigenvalue weighted by Crippen LogP contribution is 2.34. The van der Waals surface area contributed by atoms with E-state index in [0.29, 0.717) is 34.6 Å². The minimum absolute atomic E-state index is 0.194. The summed E-state index contributed by atoms with van der Waals surface area (Å²) in [5.41, 5.74) is 6.30. The average molecular weight is 306 g/mol. The van der Waals surface area contributed by atoms with E-state index in [9.17, 15) is 4.79 Å². The molecule has 21 heavy (non-hydrogen) atoms. The molecule has 0 aliphatic heterocycles. The fraction of sp³-hybridized carbons (Fsp3) is 0.333. The van der Waals surface area contributed by atoms with E-state index in [1.807, 2.05) is 6.07 Å². The van der Waals surface area contributed by atoms with Gasteiger partial charge in [0.1, 0.15) is 21.5 Å². The SMILES string of the molecule is CNC(=O)c1sc(NCCc2noc(C)n2)c(C#N)c1N. The summed E-state index contributed by atoms with van der Waals surface area (Å²) in [5, 5.41) is 19.1. The van der Waals surface area contributed by atoms with E-state index in [0.717, 1.165) is 11.3 Å². The Labute approximate surface area is 124 Å². The minimum atomic E-state index is -0.309. The van der Waals surface area contributed by atoms with E-state index >= 15 is 0 Å². The highest BCUT2D eigenvalue weighted by atomic mass is 32.1. The highest BCUT2D eigenvalue weighted by molar-refractivity contribution is 7.18. The van der Waals surface area contributed by atoms with Gasteiger partial charge in [0.05, 0.1) is 5.69 Å². The van der Waals surface area contributed by atoms with Gasteiger partial charge in [0.15, 0.2) is 5.82 Å². The molecule has 1 amide bonds. The van der Waals surface area contributed by atoms with E-state index in [1.165, 1.54) is 7.05 Å². The maximum absolute atomic E-state index is 11.7. The van der Waals surface area contributed by atoms with Crippen molar-refractivity contribution in [2.24, 2.45) is 0 Å². The number of aromatic nitrogens is 2. The number of nitrogen functional groups attached to an aromatic ring is 1. The van der Waals surface area contributed by atoms with Gasteiger partial charge in [0, 0.05) is 26.9 Å². The number of amides is 1. The summed E-state index contributed by atoms with van der Waals surface area (Å²) in [6.07, 6.45) is 0.537. The number of anilines is 2. The maximum atomic E-state index is 11.7. The van der Waals surface area contributed by atoms with E-state index in [-0.39, 0.29) is 17.2 Å². The van der Waals surface area contributed by atoms with Crippen LogP contribution in [0.2, 0.25) is 0 Å². The first-order valence-electron chi connectivity index (χ1n) is 6.14. The van der Waals surface area contributed by atoms with Gasteiger partial charge >= 0.3 is 0 Å². The Bertz CT molecular complexity index is 699. The standard InChI is InChI=1S/C12H14N6O2S/c1-6-17-8(18-20-6)3-4-16-12-7(5-13)9(14)10(21-12)11(19)15-2/h16H,3-4,14H2,1-2H3,(H,15,19). The molecule has 2 rings (SSSR count). The summed E-state index contributed by atoms with van der Waals surface area (Å²) in [7, 11) is 1.51. The molecule has 0 aromatic carbocycles. The fourth-order valence-corrected chi connectivity index (χ4v) is 2.74. The lowest BCUT2D eigenvalue weighted by molar-refractivity contribution is 0.0968. The van der Waals surface area contributed by atoms with Crippen molar-refractivity contribution in [3.8, 4) is 6.07 Å². The monoisotopic (exact) mass is 306 g/mol. The van der Waals surface area contributed by atoms with Crippen LogP contribution < -0.4 is 16.4 Å². The van der Waals surface area contributed by atoms with Crippen molar-refractivity contribution in [1.82, 2.24) is 15.5 Å². The molecule has 4 N–H and O–H groups in total. The molecule has 0 saturated carbocycles. The number of aryl methyl sites for hydroxylation is 1. The molecular formula is C12H14N6O2S. The third-order valence-electron chi connectivity index (χ3n) is 2.69. The number of nitrogens with one attached hydrogen (secondary N) is 2. The summed E-state index contributed by atoms with van der Waals surface area (Å²) in [4.78, 5) is 16.1. The number of rotatable bonds is 5. The number of thiophene rings is 1. The summed E-state index contributed by atoms with van der Waals surface area (Å²) in [6, 6.07) is 2.01. The van der Waals surface area contributed by atoms with Crippen LogP contribution in [0.3, 0.4) is 0 Å². The third-order valence-corrected chi connectivity index (χ3v) is 3.86. The van der Waals surface area contributed by atoms with Crippen LogP contribution >= 0.6 is 11.3 Å². The van der Waals surface area contributed by atoms with Crippen molar-refractivity contribution in [2.45, 2.75) is 13.3 Å². The van der Waals surface area contributed by atoms with Crippen LogP contribution in [-0.2, 0) is 6.42 Å². The normalized spacial score (nSPS) is 10.1. The van der Waals surface area contributed by atoms with Crippen LogP contribution in [0.4, 0.5) is 10.7 Å². The molecule has 0 aliphatic carbocycles. The fourth-order valence-electron chi connectivity index (χ4n) is 1.69. The van der Waals surface area contributed by atoms with Crippen LogP contribution in [0.5, 0.6) is 0 Å². The first kappa shape index (κ1) is 14.8. The number of hydrogen-bond acceptors (Lipinski definition) is 8. The minimum Gasteiger partial charge on any atom is -0.396 e. The number of carbonyl (C=O) groups excluding carboxylic acids is 1. The molecule has 110 valence electrons. The molecule has 0 fully saturated rings. The van der Waals surface area contributed by atoms with Crippen LogP contribution in [-0.4, -0.2) is 29.6 Å². The van der Waals surface area contributed by atoms with E-state index in [4.69, 9.17) is 15.5 Å². The maximum Gasteiger partial charge on any atom is 0.263 e. The predicted octanol–water partition coefficient (Wildman–Crippen LogP) is 0.908. The smallest absolute Gasteiger partial charge is 0.263 e. The van der Waals surface area contributed by atoms with Crippen molar-refractivity contribution < 1.29 is 9.32 Å². The lowest BCUT2D eigenvalue weighted by Crippen LogP contribution is -2.17. The first-order valence-corrected chi connectivity index (χ1v) is 6.96. The van der Waals surface area contributed by atoms with Gasteiger partial charge in [-0.2, -0.15) is 10.2 Å². The molecule has 0 radical (unpaired) electrons. The van der Waals surface area contributed by atoms with Crippen molar-refractivity contribution in [2.75, 3.05) is 24.6 Å². The molecule has 0 unspecified atom stereocenters. The number of hydrogen-bond donors (Lipinski definition) is 3. The summed E-state index contributed by atoms with van der Waals surface area (Å²) >= 11 is 1.15. The topological polar surface area (TPSA) is 130 Å². The second kappa shape index (κ2) is 6.23. The van der Waals surface area contributed by atoms with Crippen LogP contribution in [0, 0.1) is 18.3 Å². The molecule has 2 heterocycles. The molecule has 0 saturated heterocycles. The molecule has 2 aromatic rings. The highest BCUT2D eigenvalue weighted by Gasteiger charge is 2.20. The molecule has 9 heteroatoms. The Kier molecular flexibility index (Phi) is 4.39. The Hall–Kier alpha value is -2.60. The lowest BCUT2D eigenvalue weighted by atomic mass is 10.2. The molecule has 0 atom stereocenters. The Balaban J connectivity index is 2.09. The largest absolute Gasteiger partial charge is 0.396 e. The average Bonchev–Trinajstić information content (AvgIpc) is 3.02. The molecular weight excluding hydrogens is 292 g/mol. The van der Waals surface area contributed by atoms with E-state index < -0.39 is 0 Å². The zero-order chi connectivity index (χ0) is 15.4. The Morgan fingerprint density at radius 2 is 2.33 bits per heavy atom. The lowest BCUT2D eigenvalue weighted by Gasteiger charge is -2.01. The van der Waals surface area contributed by atoms with Gasteiger partial charge < -0.3 is 20.9 Å². The van der Waals surface area contributed by atoms with Crippen molar-refractivity contribution in [3.05, 3.63) is 22.2 Å². The van der Waals surface area contributed by atoms with Gasteiger partial charge in [0.25, 0.3) is 5.91 Å². The molecule has 8 nitrogen and oxygen atoms in total. The first-order chi connectivity index (χ1) is 10.1. The third kappa shape index (κ3) is 3.11. The van der Waals surface area contributed by atoms with E-state index in [1.54, 1.807) is 6.92 Å². The quantitative estimate of drug-likeness (QED) is 0.748. The van der Waals surface area contributed by atoms with Crippen LogP contribution in [0.15, 0.2) is 4.52 Å². The van der Waals surface area contributed by atoms with Gasteiger partial charge in [-0.1, -0.05) is 5.16 Å². The Morgan fingerprint density at radius 1 is 1.57 bits per heavy atom. The second-order valence-corrected chi connectivity index (χ2v) is 5.17. The zero-order valence-corrected chi connectivity index (χ0v) is 12.4. The number of nitriles is 1. The van der Waals surface area contributed by atoms with Crippen molar-refractivity contribution in [1.29, 1.82) is 5.26 Å². The molecule has 0 spiro atoms. The van der Waals surface area contributed by atoms with Gasteiger partial charge in [-0.15, -0.1) is 11.3 Å². The molecule has 2 aromatic heterocycles. The molecule has 0 aliphatic rings.